The van der Waals surface area contributed by atoms with E-state index < -0.39 is 23.7 Å². The molecule has 0 aliphatic rings. The van der Waals surface area contributed by atoms with Crippen LogP contribution in [0.15, 0.2) is 97.1 Å². The number of esters is 3. The third kappa shape index (κ3) is 7.72. The molecular formula is C32H27FO6. The van der Waals surface area contributed by atoms with E-state index in [1.165, 1.54) is 26.0 Å². The summed E-state index contributed by atoms with van der Waals surface area (Å²) in [6, 6.07) is 16.0. The molecule has 0 aromatic heterocycles. The fourth-order valence-electron chi connectivity index (χ4n) is 3.12. The summed E-state index contributed by atoms with van der Waals surface area (Å²) >= 11 is 0. The predicted molar refractivity (Wildman–Crippen MR) is 149 cm³/mol. The number of carbonyl (C=O) groups excluding carboxylic acids is 3. The highest BCUT2D eigenvalue weighted by Gasteiger charge is 2.16. The molecule has 3 rings (SSSR count). The molecule has 0 unspecified atom stereocenters. The van der Waals surface area contributed by atoms with Crippen LogP contribution in [0.4, 0.5) is 4.39 Å². The Morgan fingerprint density at radius 2 is 1.15 bits per heavy atom. The van der Waals surface area contributed by atoms with E-state index in [4.69, 9.17) is 14.2 Å². The van der Waals surface area contributed by atoms with Crippen molar-refractivity contribution in [2.24, 2.45) is 0 Å². The Morgan fingerprint density at radius 3 is 1.72 bits per heavy atom. The average molecular weight is 527 g/mol. The number of hydrogen-bond donors (Lipinski definition) is 0. The molecule has 0 radical (unpaired) electrons. The van der Waals surface area contributed by atoms with Crippen LogP contribution in [0.25, 0.3) is 23.3 Å². The Morgan fingerprint density at radius 1 is 0.641 bits per heavy atom. The van der Waals surface area contributed by atoms with Crippen molar-refractivity contribution in [3.63, 3.8) is 0 Å². The van der Waals surface area contributed by atoms with Gasteiger partial charge in [0.1, 0.15) is 11.5 Å². The van der Waals surface area contributed by atoms with Gasteiger partial charge in [-0.1, -0.05) is 62.2 Å². The monoisotopic (exact) mass is 526 g/mol. The van der Waals surface area contributed by atoms with E-state index in [9.17, 15) is 18.8 Å². The number of benzene rings is 3. The van der Waals surface area contributed by atoms with Crippen molar-refractivity contribution in [2.45, 2.75) is 20.8 Å². The van der Waals surface area contributed by atoms with Gasteiger partial charge in [-0.2, -0.15) is 0 Å². The smallest absolute Gasteiger partial charge is 0.338 e. The van der Waals surface area contributed by atoms with Gasteiger partial charge in [0.05, 0.1) is 0 Å². The van der Waals surface area contributed by atoms with Gasteiger partial charge < -0.3 is 14.2 Å². The van der Waals surface area contributed by atoms with Gasteiger partial charge in [0.25, 0.3) is 0 Å². The maximum Gasteiger partial charge on any atom is 0.338 e. The summed E-state index contributed by atoms with van der Waals surface area (Å²) in [6.07, 6.45) is 3.63. The van der Waals surface area contributed by atoms with Crippen LogP contribution in [0.5, 0.6) is 17.2 Å². The zero-order valence-electron chi connectivity index (χ0n) is 21.9. The lowest BCUT2D eigenvalue weighted by Gasteiger charge is -2.13. The number of rotatable bonds is 9. The lowest BCUT2D eigenvalue weighted by atomic mass is 10.0. The van der Waals surface area contributed by atoms with Crippen molar-refractivity contribution in [1.29, 1.82) is 0 Å². The van der Waals surface area contributed by atoms with Crippen molar-refractivity contribution in [3.05, 3.63) is 114 Å². The Labute approximate surface area is 226 Å². The first-order chi connectivity index (χ1) is 18.4. The highest BCUT2D eigenvalue weighted by atomic mass is 19.1. The van der Waals surface area contributed by atoms with E-state index in [1.54, 1.807) is 61.5 Å². The Bertz CT molecular complexity index is 1510. The van der Waals surface area contributed by atoms with Gasteiger partial charge in [0.2, 0.25) is 0 Å². The van der Waals surface area contributed by atoms with E-state index in [2.05, 4.69) is 19.7 Å². The summed E-state index contributed by atoms with van der Waals surface area (Å²) in [5, 5.41) is 0. The molecule has 6 nitrogen and oxygen atoms in total. The molecular weight excluding hydrogens is 499 g/mol. The number of hydrogen-bond acceptors (Lipinski definition) is 6. The van der Waals surface area contributed by atoms with Gasteiger partial charge in [-0.05, 0) is 67.8 Å². The minimum atomic E-state index is -0.763. The minimum Gasteiger partial charge on any atom is -0.423 e. The van der Waals surface area contributed by atoms with Crippen LogP contribution in [0.2, 0.25) is 0 Å². The molecule has 0 N–H and O–H groups in total. The highest BCUT2D eigenvalue weighted by molar-refractivity contribution is 5.91. The molecule has 3 aromatic rings. The Hall–Kier alpha value is -5.04. The van der Waals surface area contributed by atoms with Crippen molar-refractivity contribution in [1.82, 2.24) is 0 Å². The molecule has 0 aliphatic heterocycles. The maximum absolute atomic E-state index is 14.7. The standard InChI is InChI=1S/C32H27FO6/c1-19(2)30(34)37-25-13-9-22(10-14-25)7-8-23-11-15-26(29(17-23)39-32(36)21(5)6)24-12-16-28(27(33)18-24)38-31(35)20(3)4/h7-18H,1,3,5H2,2,4,6H3/b8-7+. The van der Waals surface area contributed by atoms with E-state index in [1.807, 2.05) is 6.08 Å². The summed E-state index contributed by atoms with van der Waals surface area (Å²) in [6.45, 7) is 15.2. The second-order valence-electron chi connectivity index (χ2n) is 8.81. The quantitative estimate of drug-likeness (QED) is 0.128. The average Bonchev–Trinajstić information content (AvgIpc) is 2.89. The van der Waals surface area contributed by atoms with Gasteiger partial charge in [0.15, 0.2) is 11.6 Å². The van der Waals surface area contributed by atoms with Crippen molar-refractivity contribution in [2.75, 3.05) is 0 Å². The lowest BCUT2D eigenvalue weighted by Crippen LogP contribution is -2.10. The number of ether oxygens (including phenoxy) is 3. The normalized spacial score (nSPS) is 10.6. The summed E-state index contributed by atoms with van der Waals surface area (Å²) in [5.74, 6) is -2.30. The van der Waals surface area contributed by atoms with Crippen molar-refractivity contribution >= 4 is 30.1 Å². The van der Waals surface area contributed by atoms with Gasteiger partial charge in [0, 0.05) is 22.3 Å². The molecule has 0 bridgehead atoms. The molecule has 198 valence electrons. The first-order valence-corrected chi connectivity index (χ1v) is 11.8. The van der Waals surface area contributed by atoms with Crippen LogP contribution in [-0.2, 0) is 14.4 Å². The summed E-state index contributed by atoms with van der Waals surface area (Å²) in [4.78, 5) is 35.8. The molecule has 0 fully saturated rings. The van der Waals surface area contributed by atoms with Crippen LogP contribution in [-0.4, -0.2) is 17.9 Å². The van der Waals surface area contributed by atoms with E-state index in [0.717, 1.165) is 5.56 Å². The molecule has 0 amide bonds. The second kappa shape index (κ2) is 12.5. The molecule has 0 atom stereocenters. The maximum atomic E-state index is 14.7. The van der Waals surface area contributed by atoms with Gasteiger partial charge in [-0.25, -0.2) is 18.8 Å². The van der Waals surface area contributed by atoms with E-state index in [-0.39, 0.29) is 22.6 Å². The molecule has 39 heavy (non-hydrogen) atoms. The Kier molecular flexibility index (Phi) is 9.12. The Balaban J connectivity index is 1.89. The molecule has 0 heterocycles. The molecule has 0 aliphatic carbocycles. The minimum absolute atomic E-state index is 0.137. The van der Waals surface area contributed by atoms with Crippen LogP contribution in [0.3, 0.4) is 0 Å². The van der Waals surface area contributed by atoms with Gasteiger partial charge in [-0.3, -0.25) is 0 Å². The first kappa shape index (κ1) is 28.5. The van der Waals surface area contributed by atoms with E-state index in [0.29, 0.717) is 28.0 Å². The topological polar surface area (TPSA) is 78.9 Å². The van der Waals surface area contributed by atoms with Gasteiger partial charge >= 0.3 is 17.9 Å². The van der Waals surface area contributed by atoms with Crippen LogP contribution in [0.1, 0.15) is 31.9 Å². The summed E-state index contributed by atoms with van der Waals surface area (Å²) in [5.41, 5.74) is 3.02. The molecule has 0 saturated heterocycles. The largest absolute Gasteiger partial charge is 0.423 e. The zero-order valence-corrected chi connectivity index (χ0v) is 21.9. The molecule has 7 heteroatoms. The SMILES string of the molecule is C=C(C)C(=O)Oc1ccc(/C=C/c2ccc(-c3ccc(OC(=O)C(=C)C)c(F)c3)c(OC(=O)C(=C)C)c2)cc1. The van der Waals surface area contributed by atoms with E-state index >= 15 is 0 Å². The number of carbonyl (C=O) groups is 3. The fraction of sp³-hybridized carbons (Fsp3) is 0.0938. The van der Waals surface area contributed by atoms with Crippen molar-refractivity contribution in [3.8, 4) is 28.4 Å². The fourth-order valence-corrected chi connectivity index (χ4v) is 3.12. The zero-order chi connectivity index (χ0) is 28.7. The third-order valence-corrected chi connectivity index (χ3v) is 5.26. The third-order valence-electron chi connectivity index (χ3n) is 5.26. The predicted octanol–water partition coefficient (Wildman–Crippen LogP) is 7.11. The van der Waals surface area contributed by atoms with Crippen LogP contribution < -0.4 is 14.2 Å². The summed E-state index contributed by atoms with van der Waals surface area (Å²) < 4.78 is 30.5. The summed E-state index contributed by atoms with van der Waals surface area (Å²) in [7, 11) is 0. The molecule has 3 aromatic carbocycles. The first-order valence-electron chi connectivity index (χ1n) is 11.8. The lowest BCUT2D eigenvalue weighted by molar-refractivity contribution is -0.131. The molecule has 0 saturated carbocycles. The van der Waals surface area contributed by atoms with Crippen LogP contribution >= 0.6 is 0 Å². The highest BCUT2D eigenvalue weighted by Crippen LogP contribution is 2.34. The molecule has 0 spiro atoms. The number of halogens is 1. The van der Waals surface area contributed by atoms with Gasteiger partial charge in [-0.15, -0.1) is 0 Å². The van der Waals surface area contributed by atoms with Crippen LogP contribution in [0, 0.1) is 5.82 Å². The second-order valence-corrected chi connectivity index (χ2v) is 8.81. The van der Waals surface area contributed by atoms with Crippen molar-refractivity contribution < 1.29 is 33.0 Å².